The number of phenols is 1. The first-order valence-electron chi connectivity index (χ1n) is 12.8. The molecule has 1 aliphatic heterocycles. The molecule has 0 radical (unpaired) electrons. The number of aliphatic hydroxyl groups is 1. The molecule has 4 heterocycles. The van der Waals surface area contributed by atoms with E-state index in [0.29, 0.717) is 41.7 Å². The van der Waals surface area contributed by atoms with E-state index in [1.54, 1.807) is 34.6 Å². The van der Waals surface area contributed by atoms with Crippen molar-refractivity contribution in [2.75, 3.05) is 42.6 Å². The maximum Gasteiger partial charge on any atom is 0.326 e. The van der Waals surface area contributed by atoms with Gasteiger partial charge in [0.1, 0.15) is 12.3 Å². The molecule has 0 atom stereocenters. The van der Waals surface area contributed by atoms with Crippen LogP contribution in [0.5, 0.6) is 5.75 Å². The van der Waals surface area contributed by atoms with Crippen molar-refractivity contribution in [2.24, 2.45) is 0 Å². The van der Waals surface area contributed by atoms with Crippen molar-refractivity contribution in [2.45, 2.75) is 20.1 Å². The highest BCUT2D eigenvalue weighted by molar-refractivity contribution is 5.88. The highest BCUT2D eigenvalue weighted by Crippen LogP contribution is 2.28. The average Bonchev–Trinajstić information content (AvgIpc) is 3.54. The van der Waals surface area contributed by atoms with Crippen molar-refractivity contribution in [3.63, 3.8) is 0 Å². The second kappa shape index (κ2) is 10.2. The molecule has 3 aromatic heterocycles. The zero-order valence-electron chi connectivity index (χ0n) is 21.4. The number of aromatic nitrogens is 6. The molecule has 1 aliphatic rings. The molecule has 0 bridgehead atoms. The third-order valence-electron chi connectivity index (χ3n) is 6.83. The Labute approximate surface area is 223 Å². The molecule has 0 unspecified atom stereocenters. The lowest BCUT2D eigenvalue weighted by molar-refractivity contribution is -0.143. The number of anilines is 2. The number of esters is 1. The predicted molar refractivity (Wildman–Crippen MR) is 145 cm³/mol. The molecule has 0 saturated carbocycles. The van der Waals surface area contributed by atoms with Crippen molar-refractivity contribution in [1.29, 1.82) is 0 Å². The molecule has 12 heteroatoms. The number of hydrogen-bond acceptors (Lipinski definition) is 10. The summed E-state index contributed by atoms with van der Waals surface area (Å²) in [5.74, 6) is 0.822. The Morgan fingerprint density at radius 1 is 1.00 bits per heavy atom. The fourth-order valence-electron chi connectivity index (χ4n) is 4.91. The molecular weight excluding hydrogens is 500 g/mol. The molecule has 39 heavy (non-hydrogen) atoms. The number of ether oxygens (including phenoxy) is 1. The van der Waals surface area contributed by atoms with Gasteiger partial charge in [0.2, 0.25) is 5.95 Å². The summed E-state index contributed by atoms with van der Waals surface area (Å²) >= 11 is 0. The summed E-state index contributed by atoms with van der Waals surface area (Å²) in [5, 5.41) is 25.1. The SMILES string of the molecule is CCOC(=O)Cn1cnc2c(-n3nc(CO)c4ccccc43)nc(N3CCN(c4ccc(O)cc4)CC3)nc21. The van der Waals surface area contributed by atoms with Crippen molar-refractivity contribution in [1.82, 2.24) is 29.3 Å². The lowest BCUT2D eigenvalue weighted by Crippen LogP contribution is -2.47. The van der Waals surface area contributed by atoms with Gasteiger partial charge in [-0.3, -0.25) is 4.79 Å². The number of aliphatic hydroxyl groups excluding tert-OH is 1. The third kappa shape index (κ3) is 4.59. The van der Waals surface area contributed by atoms with E-state index < -0.39 is 0 Å². The second-order valence-corrected chi connectivity index (χ2v) is 9.22. The highest BCUT2D eigenvalue weighted by atomic mass is 16.5. The number of piperazine rings is 1. The van der Waals surface area contributed by atoms with E-state index in [1.165, 1.54) is 0 Å². The normalized spacial score (nSPS) is 13.9. The van der Waals surface area contributed by atoms with Crippen LogP contribution in [-0.2, 0) is 22.7 Å². The van der Waals surface area contributed by atoms with Crippen LogP contribution in [0.4, 0.5) is 11.6 Å². The van der Waals surface area contributed by atoms with Crippen molar-refractivity contribution in [3.8, 4) is 11.6 Å². The Morgan fingerprint density at radius 2 is 1.74 bits per heavy atom. The molecule has 5 aromatic rings. The summed E-state index contributed by atoms with van der Waals surface area (Å²) < 4.78 is 8.50. The number of aromatic hydroxyl groups is 1. The topological polar surface area (TPSA) is 135 Å². The highest BCUT2D eigenvalue weighted by Gasteiger charge is 2.25. The van der Waals surface area contributed by atoms with Gasteiger partial charge >= 0.3 is 5.97 Å². The molecule has 12 nitrogen and oxygen atoms in total. The summed E-state index contributed by atoms with van der Waals surface area (Å²) in [5.41, 5.74) is 3.34. The van der Waals surface area contributed by atoms with E-state index >= 15 is 0 Å². The van der Waals surface area contributed by atoms with E-state index in [-0.39, 0.29) is 31.5 Å². The van der Waals surface area contributed by atoms with Gasteiger partial charge in [0.15, 0.2) is 17.0 Å². The van der Waals surface area contributed by atoms with Crippen LogP contribution in [-0.4, -0.2) is 78.3 Å². The van der Waals surface area contributed by atoms with Crippen molar-refractivity contribution >= 4 is 39.7 Å². The molecule has 2 aromatic carbocycles. The Morgan fingerprint density at radius 3 is 2.49 bits per heavy atom. The zero-order valence-corrected chi connectivity index (χ0v) is 21.4. The quantitative estimate of drug-likeness (QED) is 0.303. The van der Waals surface area contributed by atoms with E-state index in [4.69, 9.17) is 14.7 Å². The lowest BCUT2D eigenvalue weighted by Gasteiger charge is -2.36. The Bertz CT molecular complexity index is 1640. The number of carbonyl (C=O) groups is 1. The van der Waals surface area contributed by atoms with E-state index in [0.717, 1.165) is 29.7 Å². The molecule has 0 amide bonds. The third-order valence-corrected chi connectivity index (χ3v) is 6.83. The summed E-state index contributed by atoms with van der Waals surface area (Å²) in [6.07, 6.45) is 1.56. The summed E-state index contributed by atoms with van der Waals surface area (Å²) in [7, 11) is 0. The van der Waals surface area contributed by atoms with Gasteiger partial charge in [0.25, 0.3) is 0 Å². The number of benzene rings is 2. The monoisotopic (exact) mass is 528 g/mol. The largest absolute Gasteiger partial charge is 0.508 e. The van der Waals surface area contributed by atoms with Gasteiger partial charge in [0.05, 0.1) is 30.8 Å². The average molecular weight is 529 g/mol. The van der Waals surface area contributed by atoms with E-state index in [1.807, 2.05) is 36.4 Å². The van der Waals surface area contributed by atoms with Crippen molar-refractivity contribution in [3.05, 3.63) is 60.6 Å². The molecule has 1 fully saturated rings. The number of hydrogen-bond donors (Lipinski definition) is 2. The fraction of sp³-hybridized carbons (Fsp3) is 0.296. The van der Waals surface area contributed by atoms with Gasteiger partial charge < -0.3 is 29.3 Å². The number of para-hydroxylation sites is 1. The minimum Gasteiger partial charge on any atom is -0.508 e. The van der Waals surface area contributed by atoms with Crippen molar-refractivity contribution < 1.29 is 19.7 Å². The maximum absolute atomic E-state index is 12.3. The van der Waals surface area contributed by atoms with Crippen LogP contribution in [0, 0.1) is 0 Å². The lowest BCUT2D eigenvalue weighted by atomic mass is 10.2. The minimum atomic E-state index is -0.381. The number of fused-ring (bicyclic) bond motifs is 2. The molecule has 200 valence electrons. The number of nitrogens with zero attached hydrogens (tertiary/aromatic N) is 8. The molecule has 1 saturated heterocycles. The Hall–Kier alpha value is -4.71. The van der Waals surface area contributed by atoms with Gasteiger partial charge in [-0.2, -0.15) is 15.1 Å². The first-order chi connectivity index (χ1) is 19.1. The molecule has 2 N–H and O–H groups in total. The Balaban J connectivity index is 1.41. The second-order valence-electron chi connectivity index (χ2n) is 9.22. The fourth-order valence-corrected chi connectivity index (χ4v) is 4.91. The zero-order chi connectivity index (χ0) is 26.9. The van der Waals surface area contributed by atoms with Crippen LogP contribution in [0.1, 0.15) is 12.6 Å². The van der Waals surface area contributed by atoms with Crippen LogP contribution >= 0.6 is 0 Å². The van der Waals surface area contributed by atoms with Crippen LogP contribution < -0.4 is 9.80 Å². The van der Waals surface area contributed by atoms with Gasteiger partial charge in [-0.15, -0.1) is 0 Å². The first-order valence-corrected chi connectivity index (χ1v) is 12.8. The summed E-state index contributed by atoms with van der Waals surface area (Å²) in [4.78, 5) is 31.0. The van der Waals surface area contributed by atoms with Gasteiger partial charge in [-0.05, 0) is 37.3 Å². The number of phenolic OH excluding ortho intramolecular Hbond substituents is 1. The van der Waals surface area contributed by atoms with Crippen LogP contribution in [0.2, 0.25) is 0 Å². The molecular formula is C27H28N8O4. The minimum absolute atomic E-state index is 0.0311. The number of imidazole rings is 1. The standard InChI is InChI=1S/C27H28N8O4/c1-2-39-23(38)15-34-17-28-24-25(34)29-27(33-13-11-32(12-14-33)18-7-9-19(37)10-8-18)30-26(24)35-22-6-4-3-5-20(22)21(16-36)31-35/h3-10,17,36-37H,2,11-16H2,1H3. The summed E-state index contributed by atoms with van der Waals surface area (Å²) in [6.45, 7) is 4.61. The van der Waals surface area contributed by atoms with Gasteiger partial charge in [0, 0.05) is 37.3 Å². The smallest absolute Gasteiger partial charge is 0.326 e. The van der Waals surface area contributed by atoms with Gasteiger partial charge in [-0.25, -0.2) is 9.67 Å². The number of rotatable bonds is 7. The van der Waals surface area contributed by atoms with E-state index in [9.17, 15) is 15.0 Å². The maximum atomic E-state index is 12.3. The van der Waals surface area contributed by atoms with Gasteiger partial charge in [-0.1, -0.05) is 18.2 Å². The van der Waals surface area contributed by atoms with Crippen LogP contribution in [0.15, 0.2) is 54.9 Å². The molecule has 6 rings (SSSR count). The van der Waals surface area contributed by atoms with E-state index in [2.05, 4.69) is 19.9 Å². The first kappa shape index (κ1) is 24.6. The predicted octanol–water partition coefficient (Wildman–Crippen LogP) is 2.25. The molecule has 0 spiro atoms. The Kier molecular flexibility index (Phi) is 6.45. The van der Waals surface area contributed by atoms with Crippen LogP contribution in [0.3, 0.4) is 0 Å². The summed E-state index contributed by atoms with van der Waals surface area (Å²) in [6, 6.07) is 14.8. The number of carbonyl (C=O) groups excluding carboxylic acids is 1. The van der Waals surface area contributed by atoms with Crippen LogP contribution in [0.25, 0.3) is 27.9 Å². The molecule has 0 aliphatic carbocycles.